The molecule has 0 spiro atoms. The summed E-state index contributed by atoms with van der Waals surface area (Å²) in [6, 6.07) is 12.1. The predicted octanol–water partition coefficient (Wildman–Crippen LogP) is 3.68. The van der Waals surface area contributed by atoms with Crippen LogP contribution in [0, 0.1) is 0 Å². The molecule has 104 valence electrons. The van der Waals surface area contributed by atoms with Gasteiger partial charge in [0.15, 0.2) is 0 Å². The van der Waals surface area contributed by atoms with Crippen LogP contribution in [0.25, 0.3) is 21.9 Å². The van der Waals surface area contributed by atoms with Crippen molar-refractivity contribution in [1.29, 1.82) is 0 Å². The van der Waals surface area contributed by atoms with Gasteiger partial charge in [-0.1, -0.05) is 18.7 Å². The number of hydrogen-bond donors (Lipinski definition) is 0. The number of carbonyl (C=O) groups excluding carboxylic acids is 1. The number of rotatable bonds is 3. The largest absolute Gasteiger partial charge is 0.456 e. The van der Waals surface area contributed by atoms with E-state index in [1.807, 2.05) is 6.07 Å². The van der Waals surface area contributed by atoms with Crippen molar-refractivity contribution in [2.75, 3.05) is 0 Å². The molecule has 1 heterocycles. The van der Waals surface area contributed by atoms with Gasteiger partial charge in [-0.15, -0.1) is 0 Å². The summed E-state index contributed by atoms with van der Waals surface area (Å²) in [7, 11) is 0. The number of hydrogen-bond acceptors (Lipinski definition) is 5. The third kappa shape index (κ3) is 2.55. The highest BCUT2D eigenvalue weighted by Gasteiger charge is 2.09. The van der Waals surface area contributed by atoms with Gasteiger partial charge in [-0.2, -0.15) is 0 Å². The zero-order chi connectivity index (χ0) is 14.8. The molecule has 0 aliphatic rings. The number of fused-ring (bicyclic) bond motifs is 2. The molecule has 21 heavy (non-hydrogen) atoms. The first-order valence-electron chi connectivity index (χ1n) is 6.15. The lowest BCUT2D eigenvalue weighted by molar-refractivity contribution is -0.127. The summed E-state index contributed by atoms with van der Waals surface area (Å²) in [4.78, 5) is 24.1. The van der Waals surface area contributed by atoms with Gasteiger partial charge in [0.25, 0.3) is 0 Å². The summed E-state index contributed by atoms with van der Waals surface area (Å²) in [5.74, 6) is -0.528. The normalized spacial score (nSPS) is 10.7. The Hall–Kier alpha value is -2.53. The van der Waals surface area contributed by atoms with Crippen molar-refractivity contribution >= 4 is 40.0 Å². The van der Waals surface area contributed by atoms with Crippen LogP contribution in [0.15, 0.2) is 69.2 Å². The maximum Gasteiger partial charge on any atom is 0.342 e. The number of para-hydroxylation sites is 1. The van der Waals surface area contributed by atoms with Crippen molar-refractivity contribution in [2.45, 2.75) is 4.90 Å². The van der Waals surface area contributed by atoms with Gasteiger partial charge < -0.3 is 8.60 Å². The molecule has 5 heteroatoms. The summed E-state index contributed by atoms with van der Waals surface area (Å²) >= 11 is 0.896. The number of carbonyl (C=O) groups is 1. The van der Waals surface area contributed by atoms with Gasteiger partial charge in [0.2, 0.25) is 5.43 Å². The van der Waals surface area contributed by atoms with Gasteiger partial charge in [-0.25, -0.2) is 4.79 Å². The molecule has 0 aliphatic carbocycles. The smallest absolute Gasteiger partial charge is 0.342 e. The average Bonchev–Trinajstić information content (AvgIpc) is 2.52. The Morgan fingerprint density at radius 1 is 1.14 bits per heavy atom. The second-order valence-corrected chi connectivity index (χ2v) is 5.08. The molecule has 0 saturated carbocycles. The molecule has 0 amide bonds. The van der Waals surface area contributed by atoms with E-state index in [2.05, 4.69) is 6.58 Å². The van der Waals surface area contributed by atoms with E-state index in [9.17, 15) is 9.59 Å². The first-order chi connectivity index (χ1) is 10.2. The lowest BCUT2D eigenvalue weighted by Crippen LogP contribution is -2.01. The van der Waals surface area contributed by atoms with Crippen LogP contribution >= 0.6 is 12.0 Å². The van der Waals surface area contributed by atoms with Crippen LogP contribution < -0.4 is 5.43 Å². The minimum atomic E-state index is -0.528. The third-order valence-electron chi connectivity index (χ3n) is 2.94. The Morgan fingerprint density at radius 3 is 2.71 bits per heavy atom. The highest BCUT2D eigenvalue weighted by molar-refractivity contribution is 7.95. The van der Waals surface area contributed by atoms with E-state index in [0.717, 1.165) is 18.1 Å². The van der Waals surface area contributed by atoms with Crippen LogP contribution in [0.5, 0.6) is 0 Å². The fourth-order valence-corrected chi connectivity index (χ4v) is 2.48. The van der Waals surface area contributed by atoms with E-state index in [-0.39, 0.29) is 5.43 Å². The third-order valence-corrected chi connectivity index (χ3v) is 3.63. The van der Waals surface area contributed by atoms with E-state index >= 15 is 0 Å². The van der Waals surface area contributed by atoms with Crippen molar-refractivity contribution < 1.29 is 13.4 Å². The molecule has 0 radical (unpaired) electrons. The monoisotopic (exact) mass is 298 g/mol. The first-order valence-corrected chi connectivity index (χ1v) is 6.90. The maximum absolute atomic E-state index is 12.3. The van der Waals surface area contributed by atoms with Gasteiger partial charge in [-0.05, 0) is 30.3 Å². The molecule has 2 aromatic carbocycles. The molecular weight excluding hydrogens is 288 g/mol. The Labute approximate surface area is 124 Å². The molecule has 0 atom stereocenters. The van der Waals surface area contributed by atoms with E-state index in [4.69, 9.17) is 8.60 Å². The lowest BCUT2D eigenvalue weighted by Gasteiger charge is -2.03. The molecule has 3 aromatic rings. The van der Waals surface area contributed by atoms with Gasteiger partial charge >= 0.3 is 5.97 Å². The molecular formula is C16H10O4S. The van der Waals surface area contributed by atoms with E-state index < -0.39 is 5.97 Å². The second-order valence-electron chi connectivity index (χ2n) is 4.28. The lowest BCUT2D eigenvalue weighted by atomic mass is 10.1. The summed E-state index contributed by atoms with van der Waals surface area (Å²) in [6.45, 7) is 3.32. The van der Waals surface area contributed by atoms with E-state index in [1.54, 1.807) is 36.4 Å². The highest BCUT2D eigenvalue weighted by atomic mass is 32.2. The molecule has 0 aliphatic heterocycles. The van der Waals surface area contributed by atoms with Gasteiger partial charge in [0, 0.05) is 6.08 Å². The minimum Gasteiger partial charge on any atom is -0.456 e. The predicted molar refractivity (Wildman–Crippen MR) is 82.1 cm³/mol. The van der Waals surface area contributed by atoms with Crippen LogP contribution in [0.3, 0.4) is 0 Å². The minimum absolute atomic E-state index is 0.0773. The van der Waals surface area contributed by atoms with Gasteiger partial charge in [-0.3, -0.25) is 4.79 Å². The Kier molecular flexibility index (Phi) is 3.50. The summed E-state index contributed by atoms with van der Waals surface area (Å²) in [5, 5.41) is 1.04. The Morgan fingerprint density at radius 2 is 1.90 bits per heavy atom. The quantitative estimate of drug-likeness (QED) is 0.419. The molecule has 0 unspecified atom stereocenters. The second kappa shape index (κ2) is 5.46. The van der Waals surface area contributed by atoms with Crippen molar-refractivity contribution in [3.63, 3.8) is 0 Å². The van der Waals surface area contributed by atoms with Crippen LogP contribution in [0.1, 0.15) is 0 Å². The van der Waals surface area contributed by atoms with Crippen molar-refractivity contribution in [2.24, 2.45) is 0 Å². The van der Waals surface area contributed by atoms with Crippen LogP contribution in [0.4, 0.5) is 0 Å². The standard InChI is InChI=1S/C16H10O4S/c1-2-15(17)20-21-10-7-8-12-14(9-10)19-13-6-4-3-5-11(13)16(12)18/h2-9H,1H2. The van der Waals surface area contributed by atoms with Gasteiger partial charge in [0.05, 0.1) is 27.7 Å². The first kappa shape index (κ1) is 13.5. The zero-order valence-electron chi connectivity index (χ0n) is 10.9. The van der Waals surface area contributed by atoms with Crippen LogP contribution in [-0.2, 0) is 8.98 Å². The fraction of sp³-hybridized carbons (Fsp3) is 0. The van der Waals surface area contributed by atoms with Crippen molar-refractivity contribution in [1.82, 2.24) is 0 Å². The Balaban J connectivity index is 2.09. The summed E-state index contributed by atoms with van der Waals surface area (Å²) in [6.07, 6.45) is 1.08. The van der Waals surface area contributed by atoms with Crippen LogP contribution in [-0.4, -0.2) is 5.97 Å². The molecule has 0 fully saturated rings. The summed E-state index contributed by atoms with van der Waals surface area (Å²) in [5.41, 5.74) is 0.907. The fourth-order valence-electron chi connectivity index (χ4n) is 1.96. The van der Waals surface area contributed by atoms with E-state index in [1.165, 1.54) is 0 Å². The zero-order valence-corrected chi connectivity index (χ0v) is 11.7. The molecule has 0 saturated heterocycles. The van der Waals surface area contributed by atoms with Crippen LogP contribution in [0.2, 0.25) is 0 Å². The van der Waals surface area contributed by atoms with Crippen molar-refractivity contribution in [3.8, 4) is 0 Å². The van der Waals surface area contributed by atoms with Gasteiger partial charge in [0.1, 0.15) is 11.2 Å². The molecule has 0 bridgehead atoms. The highest BCUT2D eigenvalue weighted by Crippen LogP contribution is 2.25. The van der Waals surface area contributed by atoms with Crippen molar-refractivity contribution in [3.05, 3.63) is 65.3 Å². The molecule has 4 nitrogen and oxygen atoms in total. The molecule has 3 rings (SSSR count). The van der Waals surface area contributed by atoms with E-state index in [0.29, 0.717) is 26.8 Å². The average molecular weight is 298 g/mol. The Bertz CT molecular complexity index is 911. The molecule has 1 aromatic heterocycles. The molecule has 0 N–H and O–H groups in total. The maximum atomic E-state index is 12.3. The number of benzene rings is 2. The summed E-state index contributed by atoms with van der Waals surface area (Å²) < 4.78 is 10.6. The SMILES string of the molecule is C=CC(=O)OSc1ccc2c(=O)c3ccccc3oc2c1. The topological polar surface area (TPSA) is 56.5 Å².